The van der Waals surface area contributed by atoms with E-state index in [4.69, 9.17) is 11.6 Å². The van der Waals surface area contributed by atoms with Gasteiger partial charge in [0, 0.05) is 38.3 Å². The smallest absolute Gasteiger partial charge is 0.271 e. The van der Waals surface area contributed by atoms with Crippen LogP contribution in [-0.2, 0) is 0 Å². The summed E-state index contributed by atoms with van der Waals surface area (Å²) < 4.78 is 0. The molecule has 1 aliphatic rings. The number of nitro groups is 1. The molecular weight excluding hydrogens is 254 g/mol. The monoisotopic (exact) mass is 269 g/mol. The number of rotatable bonds is 2. The van der Waals surface area contributed by atoms with Gasteiger partial charge in [-0.1, -0.05) is 11.6 Å². The molecule has 0 bridgehead atoms. The van der Waals surface area contributed by atoms with Crippen LogP contribution in [0.15, 0.2) is 12.1 Å². The zero-order valence-corrected chi connectivity index (χ0v) is 11.3. The molecule has 1 aliphatic heterocycles. The number of hydrogen-bond donors (Lipinski definition) is 0. The summed E-state index contributed by atoms with van der Waals surface area (Å²) in [6.07, 6.45) is 0. The van der Waals surface area contributed by atoms with Crippen molar-refractivity contribution in [2.75, 3.05) is 38.1 Å². The molecule has 1 aromatic rings. The number of likely N-dealkylation sites (N-methyl/N-ethyl adjacent to an activating group) is 1. The summed E-state index contributed by atoms with van der Waals surface area (Å²) in [5.41, 5.74) is 1.84. The van der Waals surface area contributed by atoms with Crippen LogP contribution in [0.25, 0.3) is 0 Å². The van der Waals surface area contributed by atoms with Gasteiger partial charge in [-0.05, 0) is 19.5 Å². The van der Waals surface area contributed by atoms with Crippen LogP contribution in [0.4, 0.5) is 11.4 Å². The van der Waals surface area contributed by atoms with Gasteiger partial charge in [0.25, 0.3) is 5.69 Å². The molecule has 0 radical (unpaired) electrons. The largest absolute Gasteiger partial charge is 0.368 e. The average molecular weight is 270 g/mol. The van der Waals surface area contributed by atoms with Crippen molar-refractivity contribution in [1.82, 2.24) is 4.90 Å². The zero-order valence-electron chi connectivity index (χ0n) is 10.5. The zero-order chi connectivity index (χ0) is 13.3. The van der Waals surface area contributed by atoms with Crippen molar-refractivity contribution in [1.29, 1.82) is 0 Å². The normalized spacial score (nSPS) is 16.9. The predicted molar refractivity (Wildman–Crippen MR) is 72.6 cm³/mol. The molecule has 18 heavy (non-hydrogen) atoms. The number of piperazine rings is 1. The van der Waals surface area contributed by atoms with Crippen molar-refractivity contribution >= 4 is 23.0 Å². The second kappa shape index (κ2) is 5.12. The van der Waals surface area contributed by atoms with Crippen LogP contribution in [0.5, 0.6) is 0 Å². The van der Waals surface area contributed by atoms with Crippen LogP contribution in [0.1, 0.15) is 5.56 Å². The molecule has 1 aromatic carbocycles. The molecule has 0 spiro atoms. The quantitative estimate of drug-likeness (QED) is 0.611. The first-order valence-corrected chi connectivity index (χ1v) is 6.25. The molecule has 0 atom stereocenters. The molecule has 2 rings (SSSR count). The van der Waals surface area contributed by atoms with E-state index in [1.807, 2.05) is 6.92 Å². The molecule has 0 amide bonds. The minimum Gasteiger partial charge on any atom is -0.368 e. The Morgan fingerprint density at radius 2 is 1.89 bits per heavy atom. The second-order valence-electron chi connectivity index (χ2n) is 4.64. The van der Waals surface area contributed by atoms with Crippen molar-refractivity contribution in [2.24, 2.45) is 0 Å². The summed E-state index contributed by atoms with van der Waals surface area (Å²) >= 11 is 6.19. The molecule has 0 aromatic heterocycles. The number of anilines is 1. The van der Waals surface area contributed by atoms with Crippen molar-refractivity contribution in [3.05, 3.63) is 32.8 Å². The summed E-state index contributed by atoms with van der Waals surface area (Å²) in [6, 6.07) is 3.02. The standard InChI is InChI=1S/C12H16ClN3O2/c1-9-7-10(16(17)18)8-11(13)12(9)15-5-3-14(2)4-6-15/h7-8H,3-6H2,1-2H3. The molecule has 1 fully saturated rings. The lowest BCUT2D eigenvalue weighted by Gasteiger charge is -2.35. The molecule has 0 saturated carbocycles. The summed E-state index contributed by atoms with van der Waals surface area (Å²) in [7, 11) is 2.08. The van der Waals surface area contributed by atoms with Gasteiger partial charge in [0.2, 0.25) is 0 Å². The highest BCUT2D eigenvalue weighted by Gasteiger charge is 2.21. The lowest BCUT2D eigenvalue weighted by Crippen LogP contribution is -2.44. The minimum atomic E-state index is -0.410. The molecule has 1 heterocycles. The van der Waals surface area contributed by atoms with E-state index in [1.54, 1.807) is 6.07 Å². The van der Waals surface area contributed by atoms with Gasteiger partial charge >= 0.3 is 0 Å². The Labute approximate surface area is 111 Å². The second-order valence-corrected chi connectivity index (χ2v) is 5.05. The Hall–Kier alpha value is -1.33. The summed E-state index contributed by atoms with van der Waals surface area (Å²) in [5.74, 6) is 0. The van der Waals surface area contributed by atoms with Crippen molar-refractivity contribution in [3.63, 3.8) is 0 Å². The van der Waals surface area contributed by atoms with E-state index in [9.17, 15) is 10.1 Å². The number of nitrogens with zero attached hydrogens (tertiary/aromatic N) is 3. The first-order valence-electron chi connectivity index (χ1n) is 5.87. The van der Waals surface area contributed by atoms with Crippen molar-refractivity contribution < 1.29 is 4.92 Å². The molecule has 5 nitrogen and oxygen atoms in total. The Kier molecular flexibility index (Phi) is 3.73. The maximum atomic E-state index is 10.8. The first-order chi connectivity index (χ1) is 8.49. The number of nitro benzene ring substituents is 1. The van der Waals surface area contributed by atoms with Crippen LogP contribution in [0.2, 0.25) is 5.02 Å². The predicted octanol–water partition coefficient (Wildman–Crippen LogP) is 2.31. The molecule has 98 valence electrons. The third-order valence-electron chi connectivity index (χ3n) is 3.27. The number of halogens is 1. The molecular formula is C12H16ClN3O2. The highest BCUT2D eigenvalue weighted by atomic mass is 35.5. The number of non-ortho nitro benzene ring substituents is 1. The van der Waals surface area contributed by atoms with E-state index in [0.717, 1.165) is 37.4 Å². The maximum Gasteiger partial charge on any atom is 0.271 e. The Morgan fingerprint density at radius 1 is 1.28 bits per heavy atom. The fraction of sp³-hybridized carbons (Fsp3) is 0.500. The van der Waals surface area contributed by atoms with Gasteiger partial charge < -0.3 is 9.80 Å². The summed E-state index contributed by atoms with van der Waals surface area (Å²) in [6.45, 7) is 5.62. The van der Waals surface area contributed by atoms with Crippen LogP contribution in [-0.4, -0.2) is 43.0 Å². The third kappa shape index (κ3) is 2.57. The Balaban J connectivity index is 2.31. The minimum absolute atomic E-state index is 0.0513. The first kappa shape index (κ1) is 13.1. The Bertz CT molecular complexity index is 447. The molecule has 0 N–H and O–H groups in total. The van der Waals surface area contributed by atoms with Gasteiger partial charge in [-0.25, -0.2) is 0 Å². The summed E-state index contributed by atoms with van der Waals surface area (Å²) in [5, 5.41) is 11.2. The molecule has 0 unspecified atom stereocenters. The summed E-state index contributed by atoms with van der Waals surface area (Å²) in [4.78, 5) is 14.8. The maximum absolute atomic E-state index is 10.8. The van der Waals surface area contributed by atoms with Crippen LogP contribution >= 0.6 is 11.6 Å². The Morgan fingerprint density at radius 3 is 2.39 bits per heavy atom. The van der Waals surface area contributed by atoms with Crippen LogP contribution in [0, 0.1) is 17.0 Å². The lowest BCUT2D eigenvalue weighted by molar-refractivity contribution is -0.384. The molecule has 1 saturated heterocycles. The van der Waals surface area contributed by atoms with Gasteiger partial charge in [0.1, 0.15) is 0 Å². The van der Waals surface area contributed by atoms with Gasteiger partial charge in [0.05, 0.1) is 15.6 Å². The van der Waals surface area contributed by atoms with Crippen molar-refractivity contribution in [3.8, 4) is 0 Å². The fourth-order valence-electron chi connectivity index (χ4n) is 2.25. The number of benzene rings is 1. The number of aryl methyl sites for hydroxylation is 1. The highest BCUT2D eigenvalue weighted by Crippen LogP contribution is 2.34. The van der Waals surface area contributed by atoms with E-state index in [-0.39, 0.29) is 5.69 Å². The van der Waals surface area contributed by atoms with E-state index in [0.29, 0.717) is 5.02 Å². The molecule has 6 heteroatoms. The fourth-order valence-corrected chi connectivity index (χ4v) is 2.63. The van der Waals surface area contributed by atoms with E-state index >= 15 is 0 Å². The van der Waals surface area contributed by atoms with Crippen molar-refractivity contribution in [2.45, 2.75) is 6.92 Å². The van der Waals surface area contributed by atoms with Gasteiger partial charge in [-0.3, -0.25) is 10.1 Å². The van der Waals surface area contributed by atoms with Gasteiger partial charge in [-0.15, -0.1) is 0 Å². The molecule has 0 aliphatic carbocycles. The topological polar surface area (TPSA) is 49.6 Å². The van der Waals surface area contributed by atoms with Crippen LogP contribution in [0.3, 0.4) is 0 Å². The third-order valence-corrected chi connectivity index (χ3v) is 3.56. The van der Waals surface area contributed by atoms with Gasteiger partial charge in [0.15, 0.2) is 0 Å². The van der Waals surface area contributed by atoms with E-state index in [1.165, 1.54) is 6.07 Å². The van der Waals surface area contributed by atoms with E-state index in [2.05, 4.69) is 16.8 Å². The van der Waals surface area contributed by atoms with Crippen LogP contribution < -0.4 is 4.90 Å². The SMILES string of the molecule is Cc1cc([N+](=O)[O-])cc(Cl)c1N1CCN(C)CC1. The number of hydrogen-bond acceptors (Lipinski definition) is 4. The average Bonchev–Trinajstić information content (AvgIpc) is 2.30. The van der Waals surface area contributed by atoms with Gasteiger partial charge in [-0.2, -0.15) is 0 Å². The van der Waals surface area contributed by atoms with E-state index < -0.39 is 4.92 Å². The lowest BCUT2D eigenvalue weighted by atomic mass is 10.1. The highest BCUT2D eigenvalue weighted by molar-refractivity contribution is 6.33.